The molecule has 1 N–H and O–H groups in total. The Morgan fingerprint density at radius 2 is 1.44 bits per heavy atom. The van der Waals surface area contributed by atoms with Gasteiger partial charge in [-0.15, -0.1) is 0 Å². The number of carbonyl (C=O) groups excluding carboxylic acids is 4. The first-order valence-corrected chi connectivity index (χ1v) is 5.61. The maximum Gasteiger partial charge on any atom is 0.328 e. The van der Waals surface area contributed by atoms with Crippen molar-refractivity contribution in [1.29, 1.82) is 0 Å². The highest BCUT2D eigenvalue weighted by Crippen LogP contribution is 2.07. The van der Waals surface area contributed by atoms with Crippen molar-refractivity contribution < 1.29 is 23.9 Å². The van der Waals surface area contributed by atoms with Crippen molar-refractivity contribution in [2.75, 3.05) is 7.11 Å². The van der Waals surface area contributed by atoms with Gasteiger partial charge in [0.2, 0.25) is 5.91 Å². The average molecular weight is 257 g/mol. The van der Waals surface area contributed by atoms with Crippen LogP contribution in [0.5, 0.6) is 0 Å². The van der Waals surface area contributed by atoms with Gasteiger partial charge in [0.1, 0.15) is 17.6 Å². The number of carbonyl (C=O) groups is 4. The van der Waals surface area contributed by atoms with Gasteiger partial charge in [0.25, 0.3) is 0 Å². The van der Waals surface area contributed by atoms with Crippen LogP contribution in [0.25, 0.3) is 0 Å². The van der Waals surface area contributed by atoms with Gasteiger partial charge in [-0.25, -0.2) is 4.79 Å². The highest BCUT2D eigenvalue weighted by molar-refractivity contribution is 6.17. The molecule has 0 saturated heterocycles. The predicted molar refractivity (Wildman–Crippen MR) is 63.6 cm³/mol. The molecule has 0 aromatic heterocycles. The molecule has 1 atom stereocenters. The topological polar surface area (TPSA) is 89.5 Å². The second-order valence-corrected chi connectivity index (χ2v) is 4.41. The Labute approximate surface area is 106 Å². The highest BCUT2D eigenvalue weighted by Gasteiger charge is 2.32. The molecule has 6 heteroatoms. The smallest absolute Gasteiger partial charge is 0.328 e. The van der Waals surface area contributed by atoms with Crippen LogP contribution in [0.3, 0.4) is 0 Å². The molecule has 0 spiro atoms. The lowest BCUT2D eigenvalue weighted by atomic mass is 9.97. The Balaban J connectivity index is 4.94. The molecule has 1 amide bonds. The summed E-state index contributed by atoms with van der Waals surface area (Å²) in [7, 11) is 1.21. The first-order chi connectivity index (χ1) is 8.22. The Morgan fingerprint density at radius 3 is 1.72 bits per heavy atom. The minimum Gasteiger partial charge on any atom is -0.467 e. The molecule has 18 heavy (non-hydrogen) atoms. The van der Waals surface area contributed by atoms with Crippen molar-refractivity contribution in [3.05, 3.63) is 0 Å². The molecule has 0 rings (SSSR count). The molecular formula is C12H19NO5. The SMILES string of the molecule is COC(=O)[C@@H](NC(=O)C(C(C)=O)C(C)=O)C(C)C. The number of hydrogen-bond donors (Lipinski definition) is 1. The molecule has 0 bridgehead atoms. The van der Waals surface area contributed by atoms with Gasteiger partial charge in [0.15, 0.2) is 5.92 Å². The molecule has 102 valence electrons. The van der Waals surface area contributed by atoms with E-state index in [1.54, 1.807) is 13.8 Å². The highest BCUT2D eigenvalue weighted by atomic mass is 16.5. The van der Waals surface area contributed by atoms with Gasteiger partial charge in [0.05, 0.1) is 7.11 Å². The third-order valence-corrected chi connectivity index (χ3v) is 2.49. The fourth-order valence-electron chi connectivity index (χ4n) is 1.52. The second kappa shape index (κ2) is 6.88. The summed E-state index contributed by atoms with van der Waals surface area (Å²) in [6.45, 7) is 5.76. The van der Waals surface area contributed by atoms with E-state index in [9.17, 15) is 19.2 Å². The third-order valence-electron chi connectivity index (χ3n) is 2.49. The maximum atomic E-state index is 11.8. The van der Waals surface area contributed by atoms with Gasteiger partial charge < -0.3 is 10.1 Å². The van der Waals surface area contributed by atoms with E-state index in [1.165, 1.54) is 7.11 Å². The molecule has 0 radical (unpaired) electrons. The standard InChI is InChI=1S/C12H19NO5/c1-6(2)10(12(17)18-5)13-11(16)9(7(3)14)8(4)15/h6,9-10H,1-5H3,(H,13,16)/t10-/m0/s1. The number of esters is 1. The lowest BCUT2D eigenvalue weighted by molar-refractivity contribution is -0.149. The van der Waals surface area contributed by atoms with Gasteiger partial charge in [-0.1, -0.05) is 13.8 Å². The molecule has 0 aliphatic heterocycles. The first-order valence-electron chi connectivity index (χ1n) is 5.61. The quantitative estimate of drug-likeness (QED) is 0.538. The minimum atomic E-state index is -1.36. The van der Waals surface area contributed by atoms with E-state index in [0.29, 0.717) is 0 Å². The molecule has 6 nitrogen and oxygen atoms in total. The molecule has 0 aromatic rings. The lowest BCUT2D eigenvalue weighted by Crippen LogP contribution is -2.49. The van der Waals surface area contributed by atoms with Crippen LogP contribution in [0.1, 0.15) is 27.7 Å². The largest absolute Gasteiger partial charge is 0.467 e. The van der Waals surface area contributed by atoms with Crippen molar-refractivity contribution in [1.82, 2.24) is 5.32 Å². The molecule has 0 heterocycles. The van der Waals surface area contributed by atoms with Crippen LogP contribution in [0.4, 0.5) is 0 Å². The zero-order valence-electron chi connectivity index (χ0n) is 11.3. The molecule has 0 aliphatic rings. The summed E-state index contributed by atoms with van der Waals surface area (Å²) < 4.78 is 4.55. The van der Waals surface area contributed by atoms with Crippen LogP contribution in [0, 0.1) is 11.8 Å². The van der Waals surface area contributed by atoms with Crippen molar-refractivity contribution in [2.24, 2.45) is 11.8 Å². The van der Waals surface area contributed by atoms with Gasteiger partial charge in [-0.05, 0) is 19.8 Å². The van der Waals surface area contributed by atoms with Crippen LogP contribution in [-0.4, -0.2) is 36.6 Å². The number of methoxy groups -OCH3 is 1. The zero-order valence-corrected chi connectivity index (χ0v) is 11.3. The third kappa shape index (κ3) is 4.27. The number of ketones is 2. The summed E-state index contributed by atoms with van der Waals surface area (Å²) in [6, 6.07) is -0.872. The van der Waals surface area contributed by atoms with Crippen LogP contribution in [0.15, 0.2) is 0 Å². The molecule has 0 fully saturated rings. The summed E-state index contributed by atoms with van der Waals surface area (Å²) in [4.78, 5) is 45.7. The molecule has 0 saturated carbocycles. The van der Waals surface area contributed by atoms with Crippen molar-refractivity contribution in [3.63, 3.8) is 0 Å². The van der Waals surface area contributed by atoms with Gasteiger partial charge in [-0.3, -0.25) is 14.4 Å². The van der Waals surface area contributed by atoms with Crippen molar-refractivity contribution in [3.8, 4) is 0 Å². The van der Waals surface area contributed by atoms with Crippen LogP contribution < -0.4 is 5.32 Å². The Morgan fingerprint density at radius 1 is 1.00 bits per heavy atom. The maximum absolute atomic E-state index is 11.8. The fourth-order valence-corrected chi connectivity index (χ4v) is 1.52. The monoisotopic (exact) mass is 257 g/mol. The van der Waals surface area contributed by atoms with Crippen LogP contribution in [0.2, 0.25) is 0 Å². The lowest BCUT2D eigenvalue weighted by Gasteiger charge is -2.21. The number of ether oxygens (including phenoxy) is 1. The van der Waals surface area contributed by atoms with Crippen LogP contribution >= 0.6 is 0 Å². The normalized spacial score (nSPS) is 12.2. The minimum absolute atomic E-state index is 0.207. The molecule has 0 aromatic carbocycles. The zero-order chi connectivity index (χ0) is 14.5. The van der Waals surface area contributed by atoms with E-state index < -0.39 is 35.4 Å². The predicted octanol–water partition coefficient (Wildman–Crippen LogP) is 0.0944. The van der Waals surface area contributed by atoms with Gasteiger partial charge in [0, 0.05) is 0 Å². The number of nitrogens with one attached hydrogen (secondary N) is 1. The number of rotatable bonds is 6. The summed E-state index contributed by atoms with van der Waals surface area (Å²) in [5.74, 6) is -4.04. The first kappa shape index (κ1) is 16.3. The number of hydrogen-bond acceptors (Lipinski definition) is 5. The van der Waals surface area contributed by atoms with E-state index in [-0.39, 0.29) is 5.92 Å². The molecular weight excluding hydrogens is 238 g/mol. The number of Topliss-reactive ketones (excluding diaryl/α,β-unsaturated/α-hetero) is 2. The van der Waals surface area contributed by atoms with Gasteiger partial charge >= 0.3 is 5.97 Å². The average Bonchev–Trinajstić information content (AvgIpc) is 2.23. The summed E-state index contributed by atoms with van der Waals surface area (Å²) in [5, 5.41) is 2.37. The van der Waals surface area contributed by atoms with E-state index >= 15 is 0 Å². The van der Waals surface area contributed by atoms with E-state index in [2.05, 4.69) is 10.1 Å². The Hall–Kier alpha value is -1.72. The van der Waals surface area contributed by atoms with Gasteiger partial charge in [-0.2, -0.15) is 0 Å². The van der Waals surface area contributed by atoms with Crippen LogP contribution in [-0.2, 0) is 23.9 Å². The summed E-state index contributed by atoms with van der Waals surface area (Å²) >= 11 is 0. The molecule has 0 aliphatic carbocycles. The fraction of sp³-hybridized carbons (Fsp3) is 0.667. The number of amides is 1. The summed E-state index contributed by atoms with van der Waals surface area (Å²) in [6.07, 6.45) is 0. The van der Waals surface area contributed by atoms with E-state index in [1.807, 2.05) is 0 Å². The van der Waals surface area contributed by atoms with E-state index in [0.717, 1.165) is 13.8 Å². The van der Waals surface area contributed by atoms with Crippen molar-refractivity contribution in [2.45, 2.75) is 33.7 Å². The van der Waals surface area contributed by atoms with E-state index in [4.69, 9.17) is 0 Å². The van der Waals surface area contributed by atoms with Crippen molar-refractivity contribution >= 4 is 23.4 Å². The second-order valence-electron chi connectivity index (χ2n) is 4.41. The summed E-state index contributed by atoms with van der Waals surface area (Å²) in [5.41, 5.74) is 0. The molecule has 0 unspecified atom stereocenters. The Bertz CT molecular complexity index is 347. The Kier molecular flexibility index (Phi) is 6.22.